The summed E-state index contributed by atoms with van der Waals surface area (Å²) in [4.78, 5) is 2.43. The molecule has 0 saturated heterocycles. The van der Waals surface area contributed by atoms with Gasteiger partial charge in [-0.3, -0.25) is 4.90 Å². The van der Waals surface area contributed by atoms with Crippen molar-refractivity contribution in [2.24, 2.45) is 5.73 Å². The molecule has 0 aromatic heterocycles. The molecule has 2 rings (SSSR count). The number of halogens is 1. The zero-order chi connectivity index (χ0) is 12.3. The second kappa shape index (κ2) is 5.85. The highest BCUT2D eigenvalue weighted by molar-refractivity contribution is 6.31. The molecule has 0 aliphatic heterocycles. The molecule has 1 aromatic carbocycles. The molecule has 94 valence electrons. The Morgan fingerprint density at radius 1 is 1.35 bits per heavy atom. The fourth-order valence-corrected chi connectivity index (χ4v) is 2.85. The monoisotopic (exact) mass is 252 g/mol. The van der Waals surface area contributed by atoms with E-state index >= 15 is 0 Å². The van der Waals surface area contributed by atoms with E-state index in [1.165, 1.54) is 31.2 Å². The zero-order valence-electron chi connectivity index (χ0n) is 10.5. The molecule has 0 radical (unpaired) electrons. The predicted molar refractivity (Wildman–Crippen MR) is 73.1 cm³/mol. The quantitative estimate of drug-likeness (QED) is 0.892. The van der Waals surface area contributed by atoms with E-state index in [1.54, 1.807) is 0 Å². The molecule has 1 aliphatic carbocycles. The number of nitrogens with zero attached hydrogens (tertiary/aromatic N) is 1. The topological polar surface area (TPSA) is 29.3 Å². The normalized spacial score (nSPS) is 16.9. The molecule has 3 heteroatoms. The van der Waals surface area contributed by atoms with Gasteiger partial charge in [0.25, 0.3) is 0 Å². The van der Waals surface area contributed by atoms with Gasteiger partial charge in [-0.2, -0.15) is 0 Å². The fourth-order valence-electron chi connectivity index (χ4n) is 2.59. The molecule has 0 atom stereocenters. The standard InChI is InChI=1S/C14H21ClN2/c1-17(13-4-2-3-5-13)10-12-7-6-11(9-16)8-14(12)15/h6-8,13H,2-5,9-10,16H2,1H3. The van der Waals surface area contributed by atoms with Gasteiger partial charge in [-0.25, -0.2) is 0 Å². The van der Waals surface area contributed by atoms with Gasteiger partial charge < -0.3 is 5.73 Å². The maximum atomic E-state index is 6.28. The van der Waals surface area contributed by atoms with Crippen LogP contribution in [-0.2, 0) is 13.1 Å². The fraction of sp³-hybridized carbons (Fsp3) is 0.571. The summed E-state index contributed by atoms with van der Waals surface area (Å²) in [6.07, 6.45) is 5.40. The molecule has 1 saturated carbocycles. The lowest BCUT2D eigenvalue weighted by Crippen LogP contribution is -2.28. The number of benzene rings is 1. The maximum Gasteiger partial charge on any atom is 0.0454 e. The van der Waals surface area contributed by atoms with Crippen LogP contribution < -0.4 is 5.73 Å². The summed E-state index contributed by atoms with van der Waals surface area (Å²) < 4.78 is 0. The van der Waals surface area contributed by atoms with Crippen LogP contribution in [0.5, 0.6) is 0 Å². The highest BCUT2D eigenvalue weighted by Gasteiger charge is 2.19. The van der Waals surface area contributed by atoms with Gasteiger partial charge in [-0.05, 0) is 37.1 Å². The van der Waals surface area contributed by atoms with Crippen LogP contribution in [0.1, 0.15) is 36.8 Å². The van der Waals surface area contributed by atoms with E-state index in [2.05, 4.69) is 24.1 Å². The first-order valence-electron chi connectivity index (χ1n) is 6.38. The van der Waals surface area contributed by atoms with Crippen LogP contribution in [0, 0.1) is 0 Å². The molecule has 1 aromatic rings. The predicted octanol–water partition coefficient (Wildman–Crippen LogP) is 3.17. The smallest absolute Gasteiger partial charge is 0.0454 e. The molecule has 0 heterocycles. The third kappa shape index (κ3) is 3.21. The average molecular weight is 253 g/mol. The molecule has 2 nitrogen and oxygen atoms in total. The van der Waals surface area contributed by atoms with Crippen molar-refractivity contribution in [3.63, 3.8) is 0 Å². The van der Waals surface area contributed by atoms with Crippen molar-refractivity contribution < 1.29 is 0 Å². The lowest BCUT2D eigenvalue weighted by Gasteiger charge is -2.24. The third-order valence-corrected chi connectivity index (χ3v) is 4.07. The van der Waals surface area contributed by atoms with Gasteiger partial charge in [0.05, 0.1) is 0 Å². The van der Waals surface area contributed by atoms with Crippen LogP contribution >= 0.6 is 11.6 Å². The van der Waals surface area contributed by atoms with Crippen LogP contribution in [0.25, 0.3) is 0 Å². The second-order valence-corrected chi connectivity index (χ2v) is 5.39. The molecule has 0 bridgehead atoms. The van der Waals surface area contributed by atoms with Gasteiger partial charge in [0.15, 0.2) is 0 Å². The first kappa shape index (κ1) is 12.9. The van der Waals surface area contributed by atoms with Crippen molar-refractivity contribution in [2.45, 2.75) is 44.8 Å². The first-order valence-corrected chi connectivity index (χ1v) is 6.76. The highest BCUT2D eigenvalue weighted by Crippen LogP contribution is 2.25. The summed E-state index contributed by atoms with van der Waals surface area (Å²) in [7, 11) is 2.20. The molecule has 0 unspecified atom stereocenters. The summed E-state index contributed by atoms with van der Waals surface area (Å²) in [5.74, 6) is 0. The second-order valence-electron chi connectivity index (χ2n) is 4.98. The highest BCUT2D eigenvalue weighted by atomic mass is 35.5. The summed E-state index contributed by atoms with van der Waals surface area (Å²) in [5.41, 5.74) is 7.91. The van der Waals surface area contributed by atoms with Crippen LogP contribution in [0.4, 0.5) is 0 Å². The molecule has 1 fully saturated rings. The minimum Gasteiger partial charge on any atom is -0.326 e. The summed E-state index contributed by atoms with van der Waals surface area (Å²) in [5, 5.41) is 0.845. The molecule has 0 spiro atoms. The molecular weight excluding hydrogens is 232 g/mol. The Labute approximate surface area is 109 Å². The molecular formula is C14H21ClN2. The van der Waals surface area contributed by atoms with E-state index in [-0.39, 0.29) is 0 Å². The minimum atomic E-state index is 0.554. The largest absolute Gasteiger partial charge is 0.326 e. The van der Waals surface area contributed by atoms with E-state index in [0.29, 0.717) is 6.54 Å². The van der Waals surface area contributed by atoms with E-state index in [1.807, 2.05) is 6.07 Å². The summed E-state index contributed by atoms with van der Waals surface area (Å²) >= 11 is 6.28. The van der Waals surface area contributed by atoms with Gasteiger partial charge in [0.2, 0.25) is 0 Å². The van der Waals surface area contributed by atoms with Gasteiger partial charge in [-0.15, -0.1) is 0 Å². The Bertz CT molecular complexity index is 372. The van der Waals surface area contributed by atoms with E-state index in [4.69, 9.17) is 17.3 Å². The van der Waals surface area contributed by atoms with E-state index < -0.39 is 0 Å². The van der Waals surface area contributed by atoms with Crippen LogP contribution in [0.3, 0.4) is 0 Å². The average Bonchev–Trinajstić information content (AvgIpc) is 2.85. The Hall–Kier alpha value is -0.570. The van der Waals surface area contributed by atoms with E-state index in [0.717, 1.165) is 23.2 Å². The lowest BCUT2D eigenvalue weighted by atomic mass is 10.1. The van der Waals surface area contributed by atoms with Crippen molar-refractivity contribution >= 4 is 11.6 Å². The SMILES string of the molecule is CN(Cc1ccc(CN)cc1Cl)C1CCCC1. The van der Waals surface area contributed by atoms with Crippen molar-refractivity contribution in [1.82, 2.24) is 4.90 Å². The van der Waals surface area contributed by atoms with Crippen molar-refractivity contribution in [3.8, 4) is 0 Å². The van der Waals surface area contributed by atoms with Crippen LogP contribution in [0.2, 0.25) is 5.02 Å². The minimum absolute atomic E-state index is 0.554. The molecule has 17 heavy (non-hydrogen) atoms. The van der Waals surface area contributed by atoms with E-state index in [9.17, 15) is 0 Å². The summed E-state index contributed by atoms with van der Waals surface area (Å²) in [6, 6.07) is 6.90. The van der Waals surface area contributed by atoms with Gasteiger partial charge in [-0.1, -0.05) is 36.6 Å². The first-order chi connectivity index (χ1) is 8.20. The number of nitrogens with two attached hydrogens (primary N) is 1. The van der Waals surface area contributed by atoms with Crippen molar-refractivity contribution in [3.05, 3.63) is 34.3 Å². The number of rotatable bonds is 4. The lowest BCUT2D eigenvalue weighted by molar-refractivity contribution is 0.237. The molecule has 2 N–H and O–H groups in total. The van der Waals surface area contributed by atoms with Gasteiger partial charge >= 0.3 is 0 Å². The Kier molecular flexibility index (Phi) is 4.43. The zero-order valence-corrected chi connectivity index (χ0v) is 11.2. The maximum absolute atomic E-state index is 6.28. The molecule has 0 amide bonds. The van der Waals surface area contributed by atoms with Crippen molar-refractivity contribution in [1.29, 1.82) is 0 Å². The molecule has 1 aliphatic rings. The third-order valence-electron chi connectivity index (χ3n) is 3.72. The van der Waals surface area contributed by atoms with Gasteiger partial charge in [0.1, 0.15) is 0 Å². The Balaban J connectivity index is 2.02. The summed E-state index contributed by atoms with van der Waals surface area (Å²) in [6.45, 7) is 1.49. The van der Waals surface area contributed by atoms with Crippen LogP contribution in [0.15, 0.2) is 18.2 Å². The Morgan fingerprint density at radius 2 is 2.06 bits per heavy atom. The van der Waals surface area contributed by atoms with Crippen molar-refractivity contribution in [2.75, 3.05) is 7.05 Å². The van der Waals surface area contributed by atoms with Gasteiger partial charge in [0, 0.05) is 24.2 Å². The Morgan fingerprint density at radius 3 is 2.65 bits per heavy atom. The number of hydrogen-bond acceptors (Lipinski definition) is 2. The van der Waals surface area contributed by atoms with Crippen LogP contribution in [-0.4, -0.2) is 18.0 Å². The number of hydrogen-bond donors (Lipinski definition) is 1.